The van der Waals surface area contributed by atoms with Gasteiger partial charge in [-0.1, -0.05) is 43.7 Å². The van der Waals surface area contributed by atoms with E-state index in [-0.39, 0.29) is 24.4 Å². The van der Waals surface area contributed by atoms with Crippen molar-refractivity contribution >= 4 is 30.1 Å². The van der Waals surface area contributed by atoms with Crippen molar-refractivity contribution in [2.24, 2.45) is 5.73 Å². The van der Waals surface area contributed by atoms with Gasteiger partial charge in [0.05, 0.1) is 6.04 Å². The number of carbonyl (C=O) groups is 1. The molecule has 21 heavy (non-hydrogen) atoms. The summed E-state index contributed by atoms with van der Waals surface area (Å²) in [5.74, 6) is 0.902. The minimum Gasteiger partial charge on any atom is -0.352 e. The lowest BCUT2D eigenvalue weighted by Crippen LogP contribution is -2.46. The van der Waals surface area contributed by atoms with Crippen molar-refractivity contribution in [2.75, 3.05) is 12.0 Å². The highest BCUT2D eigenvalue weighted by atomic mass is 35.5. The number of benzene rings is 1. The van der Waals surface area contributed by atoms with E-state index >= 15 is 0 Å². The van der Waals surface area contributed by atoms with Gasteiger partial charge in [-0.2, -0.15) is 11.8 Å². The molecule has 0 aromatic heterocycles. The van der Waals surface area contributed by atoms with Crippen LogP contribution in [0.3, 0.4) is 0 Å². The first-order valence-electron chi connectivity index (χ1n) is 7.26. The fraction of sp³-hybridized carbons (Fsp3) is 0.562. The second kappa shape index (κ2) is 11.9. The standard InChI is InChI=1S/C16H26N2OS.ClH/c1-3-7-14(12-13-8-5-4-6-9-13)18-16(19)15(17)10-11-20-2;/h4-6,8-9,14-15H,3,7,10-12,17H2,1-2H3,(H,18,19);1H/t14?,15-;/m0./s1. The zero-order chi connectivity index (χ0) is 14.8. The highest BCUT2D eigenvalue weighted by Gasteiger charge is 2.17. The SMILES string of the molecule is CCCC(Cc1ccccc1)NC(=O)[C@@H](N)CCSC.Cl. The monoisotopic (exact) mass is 330 g/mol. The zero-order valence-corrected chi connectivity index (χ0v) is 14.5. The topological polar surface area (TPSA) is 55.1 Å². The quantitative estimate of drug-likeness (QED) is 0.731. The van der Waals surface area contributed by atoms with E-state index in [1.807, 2.05) is 24.5 Å². The largest absolute Gasteiger partial charge is 0.352 e. The number of hydrogen-bond donors (Lipinski definition) is 2. The minimum absolute atomic E-state index is 0. The number of nitrogens with two attached hydrogens (primary N) is 1. The van der Waals surface area contributed by atoms with E-state index in [0.29, 0.717) is 0 Å². The van der Waals surface area contributed by atoms with Gasteiger partial charge in [0, 0.05) is 6.04 Å². The first-order chi connectivity index (χ1) is 9.67. The van der Waals surface area contributed by atoms with Gasteiger partial charge in [-0.05, 0) is 36.8 Å². The second-order valence-corrected chi connectivity index (χ2v) is 6.06. The Morgan fingerprint density at radius 1 is 1.29 bits per heavy atom. The van der Waals surface area contributed by atoms with Crippen LogP contribution in [0.15, 0.2) is 30.3 Å². The molecule has 0 bridgehead atoms. The van der Waals surface area contributed by atoms with Crippen LogP contribution >= 0.6 is 24.2 Å². The Labute approximate surface area is 138 Å². The van der Waals surface area contributed by atoms with Crippen molar-refractivity contribution in [3.05, 3.63) is 35.9 Å². The molecule has 0 spiro atoms. The van der Waals surface area contributed by atoms with Crippen LogP contribution in [0.2, 0.25) is 0 Å². The summed E-state index contributed by atoms with van der Waals surface area (Å²) in [5, 5.41) is 3.10. The molecule has 3 N–H and O–H groups in total. The van der Waals surface area contributed by atoms with E-state index in [1.165, 1.54) is 5.56 Å². The van der Waals surface area contributed by atoms with Gasteiger partial charge in [0.25, 0.3) is 0 Å². The summed E-state index contributed by atoms with van der Waals surface area (Å²) in [7, 11) is 0. The predicted octanol–water partition coefficient (Wildman–Crippen LogP) is 3.02. The number of thioether (sulfide) groups is 1. The maximum atomic E-state index is 12.1. The summed E-state index contributed by atoms with van der Waals surface area (Å²) < 4.78 is 0. The van der Waals surface area contributed by atoms with Crippen LogP contribution in [-0.2, 0) is 11.2 Å². The molecule has 0 radical (unpaired) electrons. The Kier molecular flexibility index (Phi) is 11.5. The van der Waals surface area contributed by atoms with Crippen LogP contribution in [0.1, 0.15) is 31.7 Å². The second-order valence-electron chi connectivity index (χ2n) is 5.07. The summed E-state index contributed by atoms with van der Waals surface area (Å²) in [5.41, 5.74) is 7.17. The lowest BCUT2D eigenvalue weighted by atomic mass is 10.0. The molecule has 5 heteroatoms. The Morgan fingerprint density at radius 3 is 2.52 bits per heavy atom. The van der Waals surface area contributed by atoms with Crippen LogP contribution in [0.4, 0.5) is 0 Å². The lowest BCUT2D eigenvalue weighted by Gasteiger charge is -2.20. The van der Waals surface area contributed by atoms with Gasteiger partial charge in [0.2, 0.25) is 5.91 Å². The predicted molar refractivity (Wildman–Crippen MR) is 95.2 cm³/mol. The summed E-state index contributed by atoms with van der Waals surface area (Å²) in [6.07, 6.45) is 5.67. The van der Waals surface area contributed by atoms with Gasteiger partial charge in [0.1, 0.15) is 0 Å². The number of amides is 1. The Bertz CT molecular complexity index is 389. The Balaban J connectivity index is 0.00000400. The third-order valence-electron chi connectivity index (χ3n) is 3.28. The average molecular weight is 331 g/mol. The van der Waals surface area contributed by atoms with Gasteiger partial charge in [0.15, 0.2) is 0 Å². The molecule has 1 aromatic rings. The van der Waals surface area contributed by atoms with Crippen molar-refractivity contribution in [2.45, 2.75) is 44.7 Å². The van der Waals surface area contributed by atoms with Crippen LogP contribution in [0, 0.1) is 0 Å². The number of nitrogens with one attached hydrogen (secondary N) is 1. The summed E-state index contributed by atoms with van der Waals surface area (Å²) in [4.78, 5) is 12.1. The van der Waals surface area contributed by atoms with E-state index in [4.69, 9.17) is 5.73 Å². The van der Waals surface area contributed by atoms with Crippen molar-refractivity contribution in [1.29, 1.82) is 0 Å². The number of rotatable bonds is 9. The van der Waals surface area contributed by atoms with E-state index in [9.17, 15) is 4.79 Å². The van der Waals surface area contributed by atoms with Crippen LogP contribution in [0.25, 0.3) is 0 Å². The van der Waals surface area contributed by atoms with Gasteiger partial charge in [-0.25, -0.2) is 0 Å². The van der Waals surface area contributed by atoms with Crippen molar-refractivity contribution in [3.8, 4) is 0 Å². The maximum Gasteiger partial charge on any atom is 0.237 e. The zero-order valence-electron chi connectivity index (χ0n) is 12.9. The van der Waals surface area contributed by atoms with Gasteiger partial charge < -0.3 is 11.1 Å². The highest BCUT2D eigenvalue weighted by Crippen LogP contribution is 2.08. The molecule has 0 saturated carbocycles. The van der Waals surface area contributed by atoms with Gasteiger partial charge in [-0.3, -0.25) is 4.79 Å². The third-order valence-corrected chi connectivity index (χ3v) is 3.92. The molecule has 0 saturated heterocycles. The normalized spacial score (nSPS) is 13.1. The summed E-state index contributed by atoms with van der Waals surface area (Å²) >= 11 is 1.72. The molecule has 0 heterocycles. The molecule has 3 nitrogen and oxygen atoms in total. The number of halogens is 1. The molecular formula is C16H27ClN2OS. The average Bonchev–Trinajstić information content (AvgIpc) is 2.46. The molecule has 1 aromatic carbocycles. The molecule has 1 amide bonds. The highest BCUT2D eigenvalue weighted by molar-refractivity contribution is 7.98. The van der Waals surface area contributed by atoms with Crippen LogP contribution in [-0.4, -0.2) is 30.0 Å². The molecular weight excluding hydrogens is 304 g/mol. The summed E-state index contributed by atoms with van der Waals surface area (Å²) in [6.45, 7) is 2.14. The summed E-state index contributed by atoms with van der Waals surface area (Å²) in [6, 6.07) is 10.1. The third kappa shape index (κ3) is 8.34. The van der Waals surface area contributed by atoms with E-state index in [2.05, 4.69) is 24.4 Å². The van der Waals surface area contributed by atoms with Gasteiger partial charge in [-0.15, -0.1) is 12.4 Å². The first kappa shape index (κ1) is 20.3. The Hall–Kier alpha value is -0.710. The minimum atomic E-state index is -0.391. The molecule has 2 atom stereocenters. The molecule has 0 aliphatic heterocycles. The van der Waals surface area contributed by atoms with Crippen LogP contribution < -0.4 is 11.1 Å². The maximum absolute atomic E-state index is 12.1. The smallest absolute Gasteiger partial charge is 0.237 e. The van der Waals surface area contributed by atoms with E-state index < -0.39 is 6.04 Å². The van der Waals surface area contributed by atoms with E-state index in [1.54, 1.807) is 11.8 Å². The Morgan fingerprint density at radius 2 is 1.95 bits per heavy atom. The molecule has 1 unspecified atom stereocenters. The lowest BCUT2D eigenvalue weighted by molar-refractivity contribution is -0.123. The molecule has 0 aliphatic carbocycles. The first-order valence-corrected chi connectivity index (χ1v) is 8.65. The fourth-order valence-electron chi connectivity index (χ4n) is 2.16. The molecule has 0 fully saturated rings. The van der Waals surface area contributed by atoms with Gasteiger partial charge >= 0.3 is 0 Å². The van der Waals surface area contributed by atoms with Crippen LogP contribution in [0.5, 0.6) is 0 Å². The van der Waals surface area contributed by atoms with Crippen molar-refractivity contribution < 1.29 is 4.79 Å². The number of carbonyl (C=O) groups excluding carboxylic acids is 1. The van der Waals surface area contributed by atoms with Crippen molar-refractivity contribution in [3.63, 3.8) is 0 Å². The molecule has 120 valence electrons. The fourth-order valence-corrected chi connectivity index (χ4v) is 2.65. The molecule has 0 aliphatic rings. The number of hydrogen-bond acceptors (Lipinski definition) is 3. The van der Waals surface area contributed by atoms with Crippen molar-refractivity contribution in [1.82, 2.24) is 5.32 Å². The van der Waals surface area contributed by atoms with E-state index in [0.717, 1.165) is 31.4 Å². The molecule has 1 rings (SSSR count).